The molecule has 0 amide bonds. The minimum atomic E-state index is -4.40. The molecule has 5 rings (SSSR count). The van der Waals surface area contributed by atoms with Gasteiger partial charge in [0.15, 0.2) is 5.11 Å². The first-order chi connectivity index (χ1) is 12.8. The highest BCUT2D eigenvalue weighted by Gasteiger charge is 2.53. The van der Waals surface area contributed by atoms with Crippen molar-refractivity contribution < 1.29 is 13.2 Å². The van der Waals surface area contributed by atoms with Gasteiger partial charge in [-0.3, -0.25) is 0 Å². The van der Waals surface area contributed by atoms with Gasteiger partial charge in [0.05, 0.1) is 11.3 Å². The first-order valence-electron chi connectivity index (χ1n) is 10.0. The predicted molar refractivity (Wildman–Crippen MR) is 105 cm³/mol. The molecular weight excluding hydrogens is 369 g/mol. The van der Waals surface area contributed by atoms with Crippen molar-refractivity contribution in [1.82, 2.24) is 5.32 Å². The van der Waals surface area contributed by atoms with Gasteiger partial charge in [-0.25, -0.2) is 0 Å². The zero-order chi connectivity index (χ0) is 19.2. The molecule has 4 fully saturated rings. The van der Waals surface area contributed by atoms with E-state index < -0.39 is 11.7 Å². The number of rotatable bonds is 4. The van der Waals surface area contributed by atoms with Crippen molar-refractivity contribution in [2.75, 3.05) is 5.32 Å². The van der Waals surface area contributed by atoms with Gasteiger partial charge in [0.2, 0.25) is 0 Å². The molecule has 4 saturated carbocycles. The van der Waals surface area contributed by atoms with Crippen LogP contribution in [0, 0.1) is 23.2 Å². The standard InChI is InChI=1S/C21H27F3N2S/c1-2-18(20-10-13-7-14(11-20)9-15(8-13)12-20)26-19(27)25-17-6-4-3-5-16(17)21(22,23)24/h3-6,13-15,18H,2,7-12H2,1H3,(H2,25,26,27). The smallest absolute Gasteiger partial charge is 0.359 e. The zero-order valence-electron chi connectivity index (χ0n) is 15.6. The summed E-state index contributed by atoms with van der Waals surface area (Å²) in [6.07, 6.45) is 4.38. The van der Waals surface area contributed by atoms with Crippen molar-refractivity contribution >= 4 is 23.0 Å². The van der Waals surface area contributed by atoms with E-state index in [1.165, 1.54) is 50.7 Å². The molecule has 0 saturated heterocycles. The highest BCUT2D eigenvalue weighted by molar-refractivity contribution is 7.80. The third kappa shape index (κ3) is 3.69. The van der Waals surface area contributed by atoms with Crippen LogP contribution in [0.2, 0.25) is 0 Å². The molecule has 0 spiro atoms. The Morgan fingerprint density at radius 1 is 1.11 bits per heavy atom. The molecule has 4 bridgehead atoms. The Morgan fingerprint density at radius 2 is 1.67 bits per heavy atom. The topological polar surface area (TPSA) is 24.1 Å². The molecule has 0 radical (unpaired) electrons. The average Bonchev–Trinajstić information content (AvgIpc) is 2.58. The zero-order valence-corrected chi connectivity index (χ0v) is 16.4. The number of alkyl halides is 3. The lowest BCUT2D eigenvalue weighted by Crippen LogP contribution is -2.57. The summed E-state index contributed by atoms with van der Waals surface area (Å²) in [5.74, 6) is 2.50. The summed E-state index contributed by atoms with van der Waals surface area (Å²) in [6.45, 7) is 2.16. The van der Waals surface area contributed by atoms with Crippen molar-refractivity contribution in [3.8, 4) is 0 Å². The van der Waals surface area contributed by atoms with Gasteiger partial charge in [-0.2, -0.15) is 13.2 Å². The lowest BCUT2D eigenvalue weighted by molar-refractivity contribution is -0.136. The highest BCUT2D eigenvalue weighted by Crippen LogP contribution is 2.61. The lowest BCUT2D eigenvalue weighted by Gasteiger charge is -2.59. The quantitative estimate of drug-likeness (QED) is 0.612. The fraction of sp³-hybridized carbons (Fsp3) is 0.667. The minimum absolute atomic E-state index is 0.0165. The Labute approximate surface area is 164 Å². The van der Waals surface area contributed by atoms with E-state index in [4.69, 9.17) is 12.2 Å². The van der Waals surface area contributed by atoms with Crippen LogP contribution in [0.3, 0.4) is 0 Å². The van der Waals surface area contributed by atoms with Crippen molar-refractivity contribution in [3.63, 3.8) is 0 Å². The molecule has 4 aliphatic carbocycles. The number of hydrogen-bond donors (Lipinski definition) is 2. The maximum Gasteiger partial charge on any atom is 0.418 e. The summed E-state index contributed by atoms with van der Waals surface area (Å²) in [6, 6.07) is 5.73. The maximum atomic E-state index is 13.2. The van der Waals surface area contributed by atoms with Crippen LogP contribution in [0.25, 0.3) is 0 Å². The number of hydrogen-bond acceptors (Lipinski definition) is 1. The molecule has 0 aliphatic heterocycles. The molecule has 1 aromatic rings. The SMILES string of the molecule is CCC(NC(=S)Nc1ccccc1C(F)(F)F)C12CC3CC(CC(C3)C1)C2. The second-order valence-electron chi connectivity index (χ2n) is 8.88. The Hall–Kier alpha value is -1.30. The van der Waals surface area contributed by atoms with E-state index in [-0.39, 0.29) is 17.1 Å². The third-order valence-corrected chi connectivity index (χ3v) is 7.24. The normalized spacial score (nSPS) is 33.0. The van der Waals surface area contributed by atoms with Crippen LogP contribution in [0.1, 0.15) is 57.4 Å². The molecular formula is C21H27F3N2S. The van der Waals surface area contributed by atoms with Gasteiger partial charge in [0.25, 0.3) is 0 Å². The van der Waals surface area contributed by atoms with Crippen LogP contribution in [0.5, 0.6) is 0 Å². The molecule has 2 nitrogen and oxygen atoms in total. The van der Waals surface area contributed by atoms with Gasteiger partial charge in [-0.1, -0.05) is 19.1 Å². The fourth-order valence-electron chi connectivity index (χ4n) is 6.45. The van der Waals surface area contributed by atoms with Crippen LogP contribution >= 0.6 is 12.2 Å². The molecule has 1 aromatic carbocycles. The van der Waals surface area contributed by atoms with E-state index in [0.29, 0.717) is 5.11 Å². The third-order valence-electron chi connectivity index (χ3n) is 7.02. The Bertz CT molecular complexity index is 680. The summed E-state index contributed by atoms with van der Waals surface area (Å²) in [5, 5.41) is 6.52. The summed E-state index contributed by atoms with van der Waals surface area (Å²) in [7, 11) is 0. The van der Waals surface area contributed by atoms with Crippen molar-refractivity contribution in [2.24, 2.45) is 23.2 Å². The predicted octanol–water partition coefficient (Wildman–Crippen LogP) is 5.99. The first-order valence-corrected chi connectivity index (χ1v) is 10.4. The summed E-state index contributed by atoms with van der Waals surface area (Å²) in [5.41, 5.74) is -0.404. The van der Waals surface area contributed by atoms with Gasteiger partial charge in [-0.15, -0.1) is 0 Å². The van der Waals surface area contributed by atoms with Crippen LogP contribution in [0.4, 0.5) is 18.9 Å². The second-order valence-corrected chi connectivity index (χ2v) is 9.29. The monoisotopic (exact) mass is 396 g/mol. The molecule has 0 heterocycles. The van der Waals surface area contributed by atoms with E-state index in [0.717, 1.165) is 30.2 Å². The van der Waals surface area contributed by atoms with Gasteiger partial charge < -0.3 is 10.6 Å². The molecule has 1 unspecified atom stereocenters. The van der Waals surface area contributed by atoms with Gasteiger partial charge in [-0.05, 0) is 92.5 Å². The van der Waals surface area contributed by atoms with Crippen molar-refractivity contribution in [1.29, 1.82) is 0 Å². The molecule has 0 aromatic heterocycles. The minimum Gasteiger partial charge on any atom is -0.359 e. The number of benzene rings is 1. The van der Waals surface area contributed by atoms with Crippen LogP contribution < -0.4 is 10.6 Å². The van der Waals surface area contributed by atoms with E-state index >= 15 is 0 Å². The van der Waals surface area contributed by atoms with Gasteiger partial charge in [0, 0.05) is 6.04 Å². The number of para-hydroxylation sites is 1. The summed E-state index contributed by atoms with van der Waals surface area (Å²) >= 11 is 5.43. The lowest BCUT2D eigenvalue weighted by atomic mass is 9.47. The number of anilines is 1. The van der Waals surface area contributed by atoms with E-state index in [9.17, 15) is 13.2 Å². The number of thiocarbonyl (C=S) groups is 1. The van der Waals surface area contributed by atoms with E-state index in [1.54, 1.807) is 6.07 Å². The van der Waals surface area contributed by atoms with Gasteiger partial charge in [0.1, 0.15) is 0 Å². The molecule has 148 valence electrons. The van der Waals surface area contributed by atoms with Crippen LogP contribution in [0.15, 0.2) is 24.3 Å². The Kier molecular flexibility index (Phi) is 4.90. The fourth-order valence-corrected chi connectivity index (χ4v) is 6.70. The van der Waals surface area contributed by atoms with E-state index in [2.05, 4.69) is 17.6 Å². The summed E-state index contributed by atoms with van der Waals surface area (Å²) < 4.78 is 39.7. The van der Waals surface area contributed by atoms with Crippen molar-refractivity contribution in [2.45, 2.75) is 64.1 Å². The molecule has 6 heteroatoms. The molecule has 1 atom stereocenters. The largest absolute Gasteiger partial charge is 0.418 e. The van der Waals surface area contributed by atoms with Crippen LogP contribution in [-0.2, 0) is 6.18 Å². The van der Waals surface area contributed by atoms with Gasteiger partial charge >= 0.3 is 6.18 Å². The summed E-state index contributed by atoms with van der Waals surface area (Å²) in [4.78, 5) is 0. The van der Waals surface area contributed by atoms with Crippen molar-refractivity contribution in [3.05, 3.63) is 29.8 Å². The average molecular weight is 397 g/mol. The van der Waals surface area contributed by atoms with Crippen LogP contribution in [-0.4, -0.2) is 11.2 Å². The number of nitrogens with one attached hydrogen (secondary N) is 2. The first kappa shape index (κ1) is 19.0. The number of halogens is 3. The molecule has 4 aliphatic rings. The van der Waals surface area contributed by atoms with E-state index in [1.807, 2.05) is 0 Å². The Morgan fingerprint density at radius 3 is 2.19 bits per heavy atom. The molecule has 2 N–H and O–H groups in total. The maximum absolute atomic E-state index is 13.2. The Balaban J connectivity index is 1.48. The second kappa shape index (κ2) is 6.94. The highest BCUT2D eigenvalue weighted by atomic mass is 32.1. The molecule has 27 heavy (non-hydrogen) atoms.